The summed E-state index contributed by atoms with van der Waals surface area (Å²) in [5.41, 5.74) is 3.60. The van der Waals surface area contributed by atoms with Gasteiger partial charge in [0.15, 0.2) is 0 Å². The lowest BCUT2D eigenvalue weighted by Crippen LogP contribution is -2.26. The molecule has 1 aromatic carbocycles. The average molecular weight is 323 g/mol. The molecule has 0 spiro atoms. The van der Waals surface area contributed by atoms with E-state index in [9.17, 15) is 4.79 Å². The number of thiazole rings is 1. The predicted octanol–water partition coefficient (Wildman–Crippen LogP) is 4.00. The lowest BCUT2D eigenvalue weighted by molar-refractivity contribution is 0.0939. The van der Waals surface area contributed by atoms with Gasteiger partial charge in [-0.2, -0.15) is 0 Å². The van der Waals surface area contributed by atoms with Crippen LogP contribution in [-0.4, -0.2) is 15.9 Å². The van der Waals surface area contributed by atoms with E-state index in [1.54, 1.807) is 12.4 Å². The summed E-state index contributed by atoms with van der Waals surface area (Å²) in [5.74, 6) is -0.0840. The van der Waals surface area contributed by atoms with Gasteiger partial charge in [-0.05, 0) is 38.1 Å². The van der Waals surface area contributed by atoms with Crippen molar-refractivity contribution in [3.05, 3.63) is 70.3 Å². The van der Waals surface area contributed by atoms with E-state index in [-0.39, 0.29) is 11.9 Å². The van der Waals surface area contributed by atoms with Crippen molar-refractivity contribution in [3.63, 3.8) is 0 Å². The summed E-state index contributed by atoms with van der Waals surface area (Å²) in [7, 11) is 0. The molecule has 0 aliphatic rings. The van der Waals surface area contributed by atoms with Crippen LogP contribution in [0.4, 0.5) is 0 Å². The number of nitrogens with one attached hydrogen (secondary N) is 1. The number of carbonyl (C=O) groups excluding carboxylic acids is 1. The molecular formula is C18H17N3OS. The molecule has 4 nitrogen and oxygen atoms in total. The van der Waals surface area contributed by atoms with Crippen LogP contribution in [0.2, 0.25) is 0 Å². The van der Waals surface area contributed by atoms with E-state index < -0.39 is 0 Å². The van der Waals surface area contributed by atoms with Crippen molar-refractivity contribution in [1.82, 2.24) is 15.3 Å². The van der Waals surface area contributed by atoms with Gasteiger partial charge in [0.05, 0.1) is 11.7 Å². The molecule has 0 aliphatic carbocycles. The summed E-state index contributed by atoms with van der Waals surface area (Å²) in [4.78, 5) is 21.0. The molecule has 1 atom stereocenters. The Balaban J connectivity index is 1.73. The number of rotatable bonds is 4. The minimum atomic E-state index is -0.140. The molecule has 3 aromatic rings. The van der Waals surface area contributed by atoms with Crippen molar-refractivity contribution in [3.8, 4) is 11.3 Å². The second-order valence-corrected chi connectivity index (χ2v) is 6.27. The molecule has 0 saturated heterocycles. The summed E-state index contributed by atoms with van der Waals surface area (Å²) < 4.78 is 0. The Morgan fingerprint density at radius 3 is 2.87 bits per heavy atom. The number of amides is 1. The first-order valence-electron chi connectivity index (χ1n) is 7.37. The third-order valence-electron chi connectivity index (χ3n) is 3.48. The zero-order chi connectivity index (χ0) is 16.2. The van der Waals surface area contributed by atoms with Crippen LogP contribution in [0.25, 0.3) is 11.3 Å². The smallest absolute Gasteiger partial charge is 0.251 e. The topological polar surface area (TPSA) is 54.9 Å². The molecule has 23 heavy (non-hydrogen) atoms. The van der Waals surface area contributed by atoms with Gasteiger partial charge >= 0.3 is 0 Å². The third-order valence-corrected chi connectivity index (χ3v) is 4.50. The Morgan fingerprint density at radius 1 is 1.26 bits per heavy atom. The van der Waals surface area contributed by atoms with Crippen molar-refractivity contribution in [2.24, 2.45) is 0 Å². The monoisotopic (exact) mass is 323 g/mol. The maximum Gasteiger partial charge on any atom is 0.251 e. The molecule has 2 heterocycles. The van der Waals surface area contributed by atoms with Gasteiger partial charge in [0.2, 0.25) is 0 Å². The number of aromatic nitrogens is 2. The number of benzene rings is 1. The second-order valence-electron chi connectivity index (χ2n) is 5.38. The van der Waals surface area contributed by atoms with Crippen LogP contribution in [-0.2, 0) is 0 Å². The molecule has 0 fully saturated rings. The van der Waals surface area contributed by atoms with E-state index in [4.69, 9.17) is 0 Å². The zero-order valence-corrected chi connectivity index (χ0v) is 13.8. The molecule has 1 N–H and O–H groups in total. The van der Waals surface area contributed by atoms with E-state index in [1.807, 2.05) is 55.6 Å². The highest BCUT2D eigenvalue weighted by Crippen LogP contribution is 2.25. The highest BCUT2D eigenvalue weighted by molar-refractivity contribution is 7.10. The van der Waals surface area contributed by atoms with Crippen LogP contribution >= 0.6 is 11.3 Å². The largest absolute Gasteiger partial charge is 0.343 e. The third kappa shape index (κ3) is 3.63. The fourth-order valence-corrected chi connectivity index (χ4v) is 3.10. The van der Waals surface area contributed by atoms with Crippen molar-refractivity contribution in [2.75, 3.05) is 0 Å². The molecule has 0 unspecified atom stereocenters. The summed E-state index contributed by atoms with van der Waals surface area (Å²) in [6, 6.07) is 11.3. The van der Waals surface area contributed by atoms with Crippen LogP contribution in [0, 0.1) is 6.92 Å². The van der Waals surface area contributed by atoms with E-state index in [2.05, 4.69) is 15.3 Å². The molecule has 5 heteroatoms. The summed E-state index contributed by atoms with van der Waals surface area (Å²) in [6.45, 7) is 3.92. The lowest BCUT2D eigenvalue weighted by Gasteiger charge is -2.11. The Bertz CT molecular complexity index is 814. The van der Waals surface area contributed by atoms with Gasteiger partial charge in [0.1, 0.15) is 5.01 Å². The molecule has 0 bridgehead atoms. The van der Waals surface area contributed by atoms with Crippen LogP contribution in [0.5, 0.6) is 0 Å². The first-order valence-corrected chi connectivity index (χ1v) is 8.25. The summed E-state index contributed by atoms with van der Waals surface area (Å²) in [5, 5.41) is 5.87. The van der Waals surface area contributed by atoms with Crippen LogP contribution in [0.15, 0.2) is 54.2 Å². The number of hydrogen-bond donors (Lipinski definition) is 1. The van der Waals surface area contributed by atoms with Crippen molar-refractivity contribution in [2.45, 2.75) is 19.9 Å². The van der Waals surface area contributed by atoms with Gasteiger partial charge in [0.25, 0.3) is 5.91 Å². The number of hydrogen-bond acceptors (Lipinski definition) is 4. The first kappa shape index (κ1) is 15.4. The van der Waals surface area contributed by atoms with Gasteiger partial charge in [0, 0.05) is 28.9 Å². The van der Waals surface area contributed by atoms with Gasteiger partial charge in [-0.1, -0.05) is 17.7 Å². The standard InChI is InChI=1S/C18H17N3OS/c1-12-5-3-6-14(9-12)17(22)20-13(2)18-21-16(11-23-18)15-7-4-8-19-10-15/h3-11,13H,1-2H3,(H,20,22)/t13-/m1/s1. The predicted molar refractivity (Wildman–Crippen MR) is 92.4 cm³/mol. The van der Waals surface area contributed by atoms with Crippen LogP contribution < -0.4 is 5.32 Å². The Hall–Kier alpha value is -2.53. The number of pyridine rings is 1. The molecular weight excluding hydrogens is 306 g/mol. The molecule has 0 saturated carbocycles. The molecule has 0 radical (unpaired) electrons. The Morgan fingerprint density at radius 2 is 2.13 bits per heavy atom. The highest BCUT2D eigenvalue weighted by Gasteiger charge is 2.15. The lowest BCUT2D eigenvalue weighted by atomic mass is 10.1. The van der Waals surface area contributed by atoms with Gasteiger partial charge < -0.3 is 5.32 Å². The van der Waals surface area contributed by atoms with Crippen LogP contribution in [0.3, 0.4) is 0 Å². The fourth-order valence-electron chi connectivity index (χ4n) is 2.26. The fraction of sp³-hybridized carbons (Fsp3) is 0.167. The minimum absolute atomic E-state index is 0.0840. The second kappa shape index (κ2) is 6.71. The van der Waals surface area contributed by atoms with E-state index in [1.165, 1.54) is 11.3 Å². The Kier molecular flexibility index (Phi) is 4.48. The molecule has 3 rings (SSSR count). The minimum Gasteiger partial charge on any atom is -0.343 e. The number of aryl methyl sites for hydroxylation is 1. The number of nitrogens with zero attached hydrogens (tertiary/aromatic N) is 2. The van der Waals surface area contributed by atoms with Crippen LogP contribution in [0.1, 0.15) is 33.9 Å². The van der Waals surface area contributed by atoms with E-state index in [0.29, 0.717) is 5.56 Å². The first-order chi connectivity index (χ1) is 11.1. The quantitative estimate of drug-likeness (QED) is 0.789. The zero-order valence-electron chi connectivity index (χ0n) is 13.0. The molecule has 116 valence electrons. The average Bonchev–Trinajstić information content (AvgIpc) is 3.06. The summed E-state index contributed by atoms with van der Waals surface area (Å²) >= 11 is 1.54. The molecule has 2 aromatic heterocycles. The summed E-state index contributed by atoms with van der Waals surface area (Å²) in [6.07, 6.45) is 3.52. The number of carbonyl (C=O) groups is 1. The maximum atomic E-state index is 12.3. The van der Waals surface area contributed by atoms with E-state index in [0.717, 1.165) is 21.8 Å². The molecule has 0 aliphatic heterocycles. The van der Waals surface area contributed by atoms with Crippen molar-refractivity contribution >= 4 is 17.2 Å². The van der Waals surface area contributed by atoms with Crippen molar-refractivity contribution < 1.29 is 4.79 Å². The van der Waals surface area contributed by atoms with Gasteiger partial charge in [-0.15, -0.1) is 11.3 Å². The van der Waals surface area contributed by atoms with Gasteiger partial charge in [-0.25, -0.2) is 4.98 Å². The highest BCUT2D eigenvalue weighted by atomic mass is 32.1. The molecule has 1 amide bonds. The maximum absolute atomic E-state index is 12.3. The van der Waals surface area contributed by atoms with Gasteiger partial charge in [-0.3, -0.25) is 9.78 Å². The normalized spacial score (nSPS) is 11.9. The van der Waals surface area contributed by atoms with E-state index >= 15 is 0 Å². The Labute approximate surface area is 139 Å². The SMILES string of the molecule is Cc1cccc(C(=O)N[C@H](C)c2nc(-c3cccnc3)cs2)c1. The van der Waals surface area contributed by atoms with Crippen molar-refractivity contribution in [1.29, 1.82) is 0 Å².